The summed E-state index contributed by atoms with van der Waals surface area (Å²) in [4.78, 5) is 18.7. The summed E-state index contributed by atoms with van der Waals surface area (Å²) in [6.07, 6.45) is 4.28. The zero-order valence-electron chi connectivity index (χ0n) is 13.8. The van der Waals surface area contributed by atoms with Gasteiger partial charge in [0.05, 0.1) is 7.11 Å². The highest BCUT2D eigenvalue weighted by Gasteiger charge is 2.13. The minimum Gasteiger partial charge on any atom is -0.497 e. The van der Waals surface area contributed by atoms with Crippen LogP contribution in [0.4, 0.5) is 16.3 Å². The summed E-state index contributed by atoms with van der Waals surface area (Å²) < 4.78 is 5.14. The van der Waals surface area contributed by atoms with Crippen molar-refractivity contribution in [1.29, 1.82) is 0 Å². The number of aromatic nitrogens is 1. The Morgan fingerprint density at radius 3 is 2.79 bits per heavy atom. The summed E-state index contributed by atoms with van der Waals surface area (Å²) in [5.74, 6) is 1.71. The molecule has 126 valence electrons. The lowest BCUT2D eigenvalue weighted by atomic mass is 10.2. The molecule has 1 aromatic heterocycles. The van der Waals surface area contributed by atoms with Crippen molar-refractivity contribution in [1.82, 2.24) is 10.3 Å². The topological polar surface area (TPSA) is 66.5 Å². The molecule has 6 heteroatoms. The Labute approximate surface area is 141 Å². The number of methoxy groups -OCH3 is 1. The van der Waals surface area contributed by atoms with Crippen LogP contribution in [0, 0.1) is 0 Å². The van der Waals surface area contributed by atoms with Gasteiger partial charge in [-0.2, -0.15) is 0 Å². The molecule has 1 aromatic carbocycles. The summed E-state index contributed by atoms with van der Waals surface area (Å²) in [6, 6.07) is 11.0. The first-order valence-electron chi connectivity index (χ1n) is 8.13. The van der Waals surface area contributed by atoms with E-state index < -0.39 is 0 Å². The molecule has 2 N–H and O–H groups in total. The van der Waals surface area contributed by atoms with Gasteiger partial charge in [0.15, 0.2) is 0 Å². The van der Waals surface area contributed by atoms with E-state index in [9.17, 15) is 4.79 Å². The van der Waals surface area contributed by atoms with Crippen LogP contribution in [0.25, 0.3) is 0 Å². The van der Waals surface area contributed by atoms with Crippen LogP contribution in [0.2, 0.25) is 0 Å². The van der Waals surface area contributed by atoms with E-state index in [1.165, 1.54) is 12.8 Å². The van der Waals surface area contributed by atoms with Crippen molar-refractivity contribution in [3.8, 4) is 5.75 Å². The summed E-state index contributed by atoms with van der Waals surface area (Å²) in [7, 11) is 1.60. The van der Waals surface area contributed by atoms with Crippen molar-refractivity contribution >= 4 is 17.5 Å². The Hall–Kier alpha value is -2.76. The highest BCUT2D eigenvalue weighted by atomic mass is 16.5. The molecule has 2 aromatic rings. The number of urea groups is 1. The molecular formula is C18H22N4O2. The lowest BCUT2D eigenvalue weighted by Crippen LogP contribution is -2.28. The Morgan fingerprint density at radius 2 is 2.08 bits per heavy atom. The van der Waals surface area contributed by atoms with Crippen molar-refractivity contribution in [2.45, 2.75) is 19.4 Å². The molecule has 0 unspecified atom stereocenters. The number of rotatable bonds is 5. The van der Waals surface area contributed by atoms with E-state index >= 15 is 0 Å². The second-order valence-electron chi connectivity index (χ2n) is 5.76. The SMILES string of the molecule is COc1cccc(NC(=O)NCc2ccc(N3CCCC3)nc2)c1. The zero-order chi connectivity index (χ0) is 16.8. The summed E-state index contributed by atoms with van der Waals surface area (Å²) in [5.41, 5.74) is 1.66. The number of hydrogen-bond donors (Lipinski definition) is 2. The van der Waals surface area contributed by atoms with Crippen LogP contribution in [0.5, 0.6) is 5.75 Å². The van der Waals surface area contributed by atoms with Crippen LogP contribution in [0.15, 0.2) is 42.6 Å². The van der Waals surface area contributed by atoms with E-state index in [2.05, 4.69) is 20.5 Å². The molecule has 2 amide bonds. The van der Waals surface area contributed by atoms with Crippen LogP contribution in [-0.4, -0.2) is 31.2 Å². The Bertz CT molecular complexity index is 682. The Balaban J connectivity index is 1.50. The number of nitrogens with one attached hydrogen (secondary N) is 2. The predicted molar refractivity (Wildman–Crippen MR) is 94.5 cm³/mol. The lowest BCUT2D eigenvalue weighted by molar-refractivity contribution is 0.251. The van der Waals surface area contributed by atoms with E-state index in [4.69, 9.17) is 4.74 Å². The maximum absolute atomic E-state index is 12.0. The molecule has 0 aliphatic carbocycles. The molecule has 3 rings (SSSR count). The van der Waals surface area contributed by atoms with Gasteiger partial charge in [0.2, 0.25) is 0 Å². The standard InChI is InChI=1S/C18H22N4O2/c1-24-16-6-4-5-15(11-16)21-18(23)20-13-14-7-8-17(19-12-14)22-9-2-3-10-22/h4-8,11-12H,2-3,9-10,13H2,1H3,(H2,20,21,23). The van der Waals surface area contributed by atoms with Crippen molar-refractivity contribution in [2.75, 3.05) is 30.4 Å². The number of pyridine rings is 1. The highest BCUT2D eigenvalue weighted by Crippen LogP contribution is 2.18. The van der Waals surface area contributed by atoms with E-state index in [1.54, 1.807) is 13.2 Å². The number of amides is 2. The second kappa shape index (κ2) is 7.68. The van der Waals surface area contributed by atoms with Crippen LogP contribution in [0.3, 0.4) is 0 Å². The van der Waals surface area contributed by atoms with Gasteiger partial charge in [0, 0.05) is 37.6 Å². The van der Waals surface area contributed by atoms with Gasteiger partial charge in [0.1, 0.15) is 11.6 Å². The second-order valence-corrected chi connectivity index (χ2v) is 5.76. The van der Waals surface area contributed by atoms with Gasteiger partial charge in [-0.15, -0.1) is 0 Å². The third-order valence-corrected chi connectivity index (χ3v) is 4.02. The third kappa shape index (κ3) is 4.16. The van der Waals surface area contributed by atoms with Crippen LogP contribution in [0.1, 0.15) is 18.4 Å². The maximum Gasteiger partial charge on any atom is 0.319 e. The number of anilines is 2. The number of benzene rings is 1. The largest absolute Gasteiger partial charge is 0.497 e. The maximum atomic E-state index is 12.0. The van der Waals surface area contributed by atoms with Gasteiger partial charge in [-0.05, 0) is 36.6 Å². The van der Waals surface area contributed by atoms with Crippen molar-refractivity contribution in [3.05, 3.63) is 48.2 Å². The molecule has 1 saturated heterocycles. The van der Waals surface area contributed by atoms with Gasteiger partial charge in [-0.1, -0.05) is 12.1 Å². The fourth-order valence-electron chi connectivity index (χ4n) is 2.71. The fourth-order valence-corrected chi connectivity index (χ4v) is 2.71. The van der Waals surface area contributed by atoms with E-state index in [0.717, 1.165) is 24.5 Å². The van der Waals surface area contributed by atoms with Gasteiger partial charge in [-0.3, -0.25) is 0 Å². The molecule has 0 atom stereocenters. The summed E-state index contributed by atoms with van der Waals surface area (Å²) in [6.45, 7) is 2.59. The smallest absolute Gasteiger partial charge is 0.319 e. The highest BCUT2D eigenvalue weighted by molar-refractivity contribution is 5.89. The number of ether oxygens (including phenoxy) is 1. The summed E-state index contributed by atoms with van der Waals surface area (Å²) in [5, 5.41) is 5.61. The number of nitrogens with zero attached hydrogens (tertiary/aromatic N) is 2. The number of carbonyl (C=O) groups is 1. The van der Waals surface area contributed by atoms with Crippen LogP contribution in [-0.2, 0) is 6.54 Å². The van der Waals surface area contributed by atoms with Crippen LogP contribution < -0.4 is 20.3 Å². The van der Waals surface area contributed by atoms with Crippen molar-refractivity contribution in [3.63, 3.8) is 0 Å². The fraction of sp³-hybridized carbons (Fsp3) is 0.333. The molecule has 1 fully saturated rings. The normalized spacial score (nSPS) is 13.6. The predicted octanol–water partition coefficient (Wildman–Crippen LogP) is 3.01. The molecule has 0 saturated carbocycles. The molecule has 2 heterocycles. The first-order chi connectivity index (χ1) is 11.7. The van der Waals surface area contributed by atoms with E-state index in [0.29, 0.717) is 18.0 Å². The molecular weight excluding hydrogens is 304 g/mol. The molecule has 1 aliphatic rings. The van der Waals surface area contributed by atoms with E-state index in [-0.39, 0.29) is 6.03 Å². The number of carbonyl (C=O) groups excluding carboxylic acids is 1. The zero-order valence-corrected chi connectivity index (χ0v) is 13.8. The lowest BCUT2D eigenvalue weighted by Gasteiger charge is -2.16. The average Bonchev–Trinajstić information content (AvgIpc) is 3.15. The monoisotopic (exact) mass is 326 g/mol. The van der Waals surface area contributed by atoms with Gasteiger partial charge < -0.3 is 20.3 Å². The van der Waals surface area contributed by atoms with Crippen LogP contribution >= 0.6 is 0 Å². The molecule has 0 radical (unpaired) electrons. The Morgan fingerprint density at radius 1 is 1.25 bits per heavy atom. The van der Waals surface area contributed by atoms with Crippen molar-refractivity contribution < 1.29 is 9.53 Å². The molecule has 0 bridgehead atoms. The number of hydrogen-bond acceptors (Lipinski definition) is 4. The molecule has 24 heavy (non-hydrogen) atoms. The molecule has 6 nitrogen and oxygen atoms in total. The first kappa shape index (κ1) is 16.1. The first-order valence-corrected chi connectivity index (χ1v) is 8.13. The molecule has 0 spiro atoms. The average molecular weight is 326 g/mol. The Kier molecular flexibility index (Phi) is 5.15. The minimum atomic E-state index is -0.258. The van der Waals surface area contributed by atoms with Gasteiger partial charge >= 0.3 is 6.03 Å². The third-order valence-electron chi connectivity index (χ3n) is 4.02. The summed E-state index contributed by atoms with van der Waals surface area (Å²) >= 11 is 0. The quantitative estimate of drug-likeness (QED) is 0.886. The molecule has 1 aliphatic heterocycles. The van der Waals surface area contributed by atoms with Gasteiger partial charge in [0.25, 0.3) is 0 Å². The van der Waals surface area contributed by atoms with Crippen molar-refractivity contribution in [2.24, 2.45) is 0 Å². The van der Waals surface area contributed by atoms with E-state index in [1.807, 2.05) is 36.5 Å². The van der Waals surface area contributed by atoms with Gasteiger partial charge in [-0.25, -0.2) is 9.78 Å². The minimum absolute atomic E-state index is 0.258.